The van der Waals surface area contributed by atoms with E-state index in [4.69, 9.17) is 25.7 Å². The largest absolute Gasteiger partial charge is 0.462 e. The van der Waals surface area contributed by atoms with Gasteiger partial charge in [-0.15, -0.1) is 0 Å². The molecule has 212 valence electrons. The maximum atomic E-state index is 14.5. The van der Waals surface area contributed by atoms with E-state index in [0.717, 1.165) is 6.08 Å². The third-order valence-electron chi connectivity index (χ3n) is 6.19. The monoisotopic (exact) mass is 556 g/mol. The molecular weight excluding hydrogens is 527 g/mol. The second-order valence-corrected chi connectivity index (χ2v) is 9.20. The Bertz CT molecular complexity index is 1140. The van der Waals surface area contributed by atoms with E-state index in [9.17, 15) is 31.5 Å². The zero-order valence-corrected chi connectivity index (χ0v) is 20.9. The number of halogens is 5. The predicted molar refractivity (Wildman–Crippen MR) is 134 cm³/mol. The molecule has 0 spiro atoms. The lowest BCUT2D eigenvalue weighted by Crippen LogP contribution is -2.39. The van der Waals surface area contributed by atoms with Crippen LogP contribution >= 0.6 is 0 Å². The number of hydrogen-bond donors (Lipinski definition) is 2. The SMILES string of the molecule is Nc1cc(N)cc(C(=O)OCCCOC(=O)C=Cc2ccc(OC(F)(F)C3CCC(C(F)(F)F)CC3)cc2)c1. The Morgan fingerprint density at radius 1 is 0.846 bits per heavy atom. The minimum Gasteiger partial charge on any atom is -0.462 e. The van der Waals surface area contributed by atoms with Crippen molar-refractivity contribution in [2.45, 2.75) is 44.4 Å². The fraction of sp³-hybridized carbons (Fsp3) is 0.407. The number of esters is 2. The van der Waals surface area contributed by atoms with E-state index in [1.165, 1.54) is 48.5 Å². The number of hydrogen-bond acceptors (Lipinski definition) is 7. The number of rotatable bonds is 10. The van der Waals surface area contributed by atoms with Crippen molar-refractivity contribution in [2.24, 2.45) is 11.8 Å². The van der Waals surface area contributed by atoms with Crippen LogP contribution in [0.15, 0.2) is 48.5 Å². The minimum absolute atomic E-state index is 0.000392. The summed E-state index contributed by atoms with van der Waals surface area (Å²) in [5.41, 5.74) is 12.6. The minimum atomic E-state index is -4.38. The van der Waals surface area contributed by atoms with Gasteiger partial charge < -0.3 is 25.7 Å². The van der Waals surface area contributed by atoms with Gasteiger partial charge in [0.15, 0.2) is 0 Å². The molecule has 2 aromatic rings. The quantitative estimate of drug-likeness (QED) is 0.121. The maximum Gasteiger partial charge on any atom is 0.400 e. The molecule has 0 saturated heterocycles. The summed E-state index contributed by atoms with van der Waals surface area (Å²) in [6.07, 6.45) is -6.43. The van der Waals surface area contributed by atoms with Gasteiger partial charge in [0.05, 0.1) is 30.6 Å². The average molecular weight is 557 g/mol. The molecule has 1 aliphatic carbocycles. The molecule has 0 amide bonds. The standard InChI is InChI=1S/C27H29F5N2O5/c28-26(29,30)19-5-7-20(8-6-19)27(31,32)39-23-9-2-17(3-10-23)4-11-24(35)37-12-1-13-38-25(36)18-14-21(33)16-22(34)15-18/h2-4,9-11,14-16,19-20H,1,5-8,12-13,33-34H2. The molecular formula is C27H29F5N2O5. The summed E-state index contributed by atoms with van der Waals surface area (Å²) in [6, 6.07) is 9.81. The molecule has 1 fully saturated rings. The van der Waals surface area contributed by atoms with Crippen molar-refractivity contribution < 1.29 is 45.8 Å². The van der Waals surface area contributed by atoms with Crippen molar-refractivity contribution in [1.82, 2.24) is 0 Å². The van der Waals surface area contributed by atoms with E-state index in [-0.39, 0.29) is 56.6 Å². The fourth-order valence-corrected chi connectivity index (χ4v) is 4.13. The van der Waals surface area contributed by atoms with E-state index in [1.54, 1.807) is 0 Å². The van der Waals surface area contributed by atoms with E-state index < -0.39 is 36.1 Å². The number of anilines is 2. The Kier molecular flexibility index (Phi) is 9.76. The number of carbonyl (C=O) groups excluding carboxylic acids is 2. The zero-order chi connectivity index (χ0) is 28.6. The van der Waals surface area contributed by atoms with Crippen molar-refractivity contribution >= 4 is 29.4 Å². The smallest absolute Gasteiger partial charge is 0.400 e. The summed E-state index contributed by atoms with van der Waals surface area (Å²) in [6.45, 7) is -0.0112. The molecule has 0 bridgehead atoms. The van der Waals surface area contributed by atoms with E-state index in [0.29, 0.717) is 16.9 Å². The van der Waals surface area contributed by atoms with Crippen LogP contribution in [-0.2, 0) is 14.3 Å². The normalized spacial score (nSPS) is 18.1. The molecule has 0 aromatic heterocycles. The second kappa shape index (κ2) is 12.8. The lowest BCUT2D eigenvalue weighted by atomic mass is 9.81. The fourth-order valence-electron chi connectivity index (χ4n) is 4.13. The average Bonchev–Trinajstić information content (AvgIpc) is 2.87. The van der Waals surface area contributed by atoms with Gasteiger partial charge >= 0.3 is 24.2 Å². The Morgan fingerprint density at radius 3 is 2.00 bits per heavy atom. The molecule has 0 heterocycles. The summed E-state index contributed by atoms with van der Waals surface area (Å²) in [5, 5.41) is 0. The van der Waals surface area contributed by atoms with Crippen LogP contribution < -0.4 is 16.2 Å². The molecule has 12 heteroatoms. The summed E-state index contributed by atoms with van der Waals surface area (Å²) in [4.78, 5) is 23.9. The van der Waals surface area contributed by atoms with Gasteiger partial charge in [-0.05, 0) is 67.7 Å². The van der Waals surface area contributed by atoms with Gasteiger partial charge in [-0.25, -0.2) is 9.59 Å². The van der Waals surface area contributed by atoms with Gasteiger partial charge in [0.25, 0.3) is 0 Å². The first-order valence-corrected chi connectivity index (χ1v) is 12.2. The van der Waals surface area contributed by atoms with Crippen LogP contribution in [0.5, 0.6) is 5.75 Å². The molecule has 7 nitrogen and oxygen atoms in total. The van der Waals surface area contributed by atoms with Crippen LogP contribution in [0, 0.1) is 11.8 Å². The van der Waals surface area contributed by atoms with Gasteiger partial charge in [0, 0.05) is 23.9 Å². The molecule has 0 aliphatic heterocycles. The molecule has 3 rings (SSSR count). The predicted octanol–water partition coefficient (Wildman–Crippen LogP) is 5.99. The van der Waals surface area contributed by atoms with Crippen molar-refractivity contribution in [3.05, 3.63) is 59.7 Å². The van der Waals surface area contributed by atoms with Crippen LogP contribution in [-0.4, -0.2) is 37.4 Å². The molecule has 1 saturated carbocycles. The van der Waals surface area contributed by atoms with E-state index in [1.807, 2.05) is 0 Å². The number of nitrogen functional groups attached to an aromatic ring is 2. The van der Waals surface area contributed by atoms with Gasteiger partial charge in [0.1, 0.15) is 5.75 Å². The third kappa shape index (κ3) is 9.15. The highest BCUT2D eigenvalue weighted by molar-refractivity contribution is 5.91. The Balaban J connectivity index is 1.38. The molecule has 4 N–H and O–H groups in total. The lowest BCUT2D eigenvalue weighted by Gasteiger charge is -2.33. The van der Waals surface area contributed by atoms with Crippen LogP contribution in [0.1, 0.15) is 48.0 Å². The summed E-state index contributed by atoms with van der Waals surface area (Å²) in [7, 11) is 0. The molecule has 0 unspecified atom stereocenters. The Labute approximate surface area is 221 Å². The summed E-state index contributed by atoms with van der Waals surface area (Å²) < 4.78 is 82.2. The first kappa shape index (κ1) is 29.7. The molecule has 39 heavy (non-hydrogen) atoms. The zero-order valence-electron chi connectivity index (χ0n) is 20.9. The van der Waals surface area contributed by atoms with Gasteiger partial charge in [-0.1, -0.05) is 12.1 Å². The number of benzene rings is 2. The number of nitrogens with two attached hydrogens (primary N) is 2. The van der Waals surface area contributed by atoms with Gasteiger partial charge in [-0.2, -0.15) is 22.0 Å². The van der Waals surface area contributed by atoms with Crippen molar-refractivity contribution in [3.8, 4) is 5.75 Å². The van der Waals surface area contributed by atoms with Gasteiger partial charge in [0.2, 0.25) is 0 Å². The highest BCUT2D eigenvalue weighted by Gasteiger charge is 2.48. The highest BCUT2D eigenvalue weighted by Crippen LogP contribution is 2.44. The van der Waals surface area contributed by atoms with Crippen LogP contribution in [0.25, 0.3) is 6.08 Å². The number of alkyl halides is 5. The van der Waals surface area contributed by atoms with Crippen LogP contribution in [0.3, 0.4) is 0 Å². The second-order valence-electron chi connectivity index (χ2n) is 9.20. The molecule has 0 radical (unpaired) electrons. The third-order valence-corrected chi connectivity index (χ3v) is 6.19. The van der Waals surface area contributed by atoms with E-state index >= 15 is 0 Å². The summed E-state index contributed by atoms with van der Waals surface area (Å²) >= 11 is 0. The first-order valence-electron chi connectivity index (χ1n) is 12.2. The number of ether oxygens (including phenoxy) is 3. The van der Waals surface area contributed by atoms with E-state index in [2.05, 4.69) is 0 Å². The Morgan fingerprint density at radius 2 is 1.41 bits per heavy atom. The molecule has 2 aromatic carbocycles. The summed E-state index contributed by atoms with van der Waals surface area (Å²) in [5.74, 6) is -4.27. The Hall–Kier alpha value is -3.83. The van der Waals surface area contributed by atoms with Crippen molar-refractivity contribution in [3.63, 3.8) is 0 Å². The van der Waals surface area contributed by atoms with Crippen LogP contribution in [0.2, 0.25) is 0 Å². The maximum absolute atomic E-state index is 14.5. The van der Waals surface area contributed by atoms with Crippen LogP contribution in [0.4, 0.5) is 33.3 Å². The lowest BCUT2D eigenvalue weighted by molar-refractivity contribution is -0.237. The topological polar surface area (TPSA) is 114 Å². The molecule has 0 atom stereocenters. The van der Waals surface area contributed by atoms with Crippen molar-refractivity contribution in [1.29, 1.82) is 0 Å². The first-order chi connectivity index (χ1) is 18.3. The highest BCUT2D eigenvalue weighted by atomic mass is 19.4. The van der Waals surface area contributed by atoms with Crippen molar-refractivity contribution in [2.75, 3.05) is 24.7 Å². The van der Waals surface area contributed by atoms with Gasteiger partial charge in [-0.3, -0.25) is 0 Å². The number of carbonyl (C=O) groups is 2. The molecule has 1 aliphatic rings.